The molecule has 0 radical (unpaired) electrons. The average molecular weight is 490 g/mol. The van der Waals surface area contributed by atoms with Crippen molar-refractivity contribution in [3.05, 3.63) is 42.0 Å². The number of carbonyl (C=O) groups excluding carboxylic acids is 1. The van der Waals surface area contributed by atoms with Crippen LogP contribution in [0.3, 0.4) is 0 Å². The molecular weight excluding hydrogens is 454 g/mol. The molecule has 1 fully saturated rings. The maximum Gasteiger partial charge on any atom is 0.243 e. The van der Waals surface area contributed by atoms with Crippen LogP contribution >= 0.6 is 0 Å². The van der Waals surface area contributed by atoms with Crippen molar-refractivity contribution in [2.75, 3.05) is 50.6 Å². The van der Waals surface area contributed by atoms with Crippen LogP contribution in [0, 0.1) is 0 Å². The van der Waals surface area contributed by atoms with Crippen molar-refractivity contribution in [1.29, 1.82) is 0 Å². The standard InChI is InChI=1S/C25H35N3O5S/c1-5-28(6-2)34(30,31)20-11-12-22(27-14-8-7-9-15-27)21(18-20)26-25(29)17-19-10-13-23(32-3)24(16-19)33-4/h10-13,16,18H,5-9,14-15,17H2,1-4H3,(H,26,29). The number of amides is 1. The summed E-state index contributed by atoms with van der Waals surface area (Å²) in [7, 11) is -0.538. The summed E-state index contributed by atoms with van der Waals surface area (Å²) >= 11 is 0. The molecule has 0 atom stereocenters. The number of benzene rings is 2. The summed E-state index contributed by atoms with van der Waals surface area (Å²) in [6.07, 6.45) is 3.43. The van der Waals surface area contributed by atoms with Gasteiger partial charge in [-0.15, -0.1) is 0 Å². The van der Waals surface area contributed by atoms with E-state index in [4.69, 9.17) is 9.47 Å². The second-order valence-electron chi connectivity index (χ2n) is 8.23. The Morgan fingerprint density at radius 3 is 2.26 bits per heavy atom. The van der Waals surface area contributed by atoms with Crippen LogP contribution in [0.5, 0.6) is 11.5 Å². The van der Waals surface area contributed by atoms with Crippen molar-refractivity contribution < 1.29 is 22.7 Å². The van der Waals surface area contributed by atoms with E-state index < -0.39 is 10.0 Å². The molecule has 9 heteroatoms. The number of sulfonamides is 1. The highest BCUT2D eigenvalue weighted by Gasteiger charge is 2.24. The molecule has 0 bridgehead atoms. The van der Waals surface area contributed by atoms with E-state index in [2.05, 4.69) is 10.2 Å². The minimum absolute atomic E-state index is 0.118. The number of rotatable bonds is 10. The normalized spacial score (nSPS) is 14.2. The highest BCUT2D eigenvalue weighted by atomic mass is 32.2. The van der Waals surface area contributed by atoms with Crippen LogP contribution in [0.15, 0.2) is 41.3 Å². The first-order valence-electron chi connectivity index (χ1n) is 11.7. The first kappa shape index (κ1) is 25.8. The topological polar surface area (TPSA) is 88.2 Å². The lowest BCUT2D eigenvalue weighted by Crippen LogP contribution is -2.32. The third-order valence-electron chi connectivity index (χ3n) is 6.09. The van der Waals surface area contributed by atoms with Gasteiger partial charge < -0.3 is 19.7 Å². The summed E-state index contributed by atoms with van der Waals surface area (Å²) in [5, 5.41) is 2.97. The van der Waals surface area contributed by atoms with E-state index in [0.717, 1.165) is 37.2 Å². The predicted molar refractivity (Wildman–Crippen MR) is 134 cm³/mol. The van der Waals surface area contributed by atoms with Crippen molar-refractivity contribution in [2.45, 2.75) is 44.4 Å². The molecule has 0 aliphatic carbocycles. The molecule has 0 unspecified atom stereocenters. The van der Waals surface area contributed by atoms with Crippen LogP contribution in [-0.4, -0.2) is 59.0 Å². The monoisotopic (exact) mass is 489 g/mol. The summed E-state index contributed by atoms with van der Waals surface area (Å²) < 4.78 is 38.2. The molecule has 3 rings (SSSR count). The zero-order valence-electron chi connectivity index (χ0n) is 20.5. The third kappa shape index (κ3) is 5.82. The van der Waals surface area contributed by atoms with Gasteiger partial charge in [0.1, 0.15) is 0 Å². The third-order valence-corrected chi connectivity index (χ3v) is 8.14. The summed E-state index contributed by atoms with van der Waals surface area (Å²) in [5.74, 6) is 0.908. The van der Waals surface area contributed by atoms with Gasteiger partial charge in [-0.25, -0.2) is 8.42 Å². The quantitative estimate of drug-likeness (QED) is 0.545. The van der Waals surface area contributed by atoms with E-state index in [-0.39, 0.29) is 17.2 Å². The first-order chi connectivity index (χ1) is 16.3. The van der Waals surface area contributed by atoms with Crippen molar-refractivity contribution >= 4 is 27.3 Å². The van der Waals surface area contributed by atoms with Crippen molar-refractivity contribution in [3.63, 3.8) is 0 Å². The fourth-order valence-corrected chi connectivity index (χ4v) is 5.75. The number of anilines is 2. The Hall–Kier alpha value is -2.78. The minimum atomic E-state index is -3.65. The fourth-order valence-electron chi connectivity index (χ4n) is 4.27. The molecule has 0 aromatic heterocycles. The lowest BCUT2D eigenvalue weighted by Gasteiger charge is -2.31. The highest BCUT2D eigenvalue weighted by Crippen LogP contribution is 2.33. The summed E-state index contributed by atoms with van der Waals surface area (Å²) in [4.78, 5) is 15.4. The Labute approximate surface area is 202 Å². The highest BCUT2D eigenvalue weighted by molar-refractivity contribution is 7.89. The smallest absolute Gasteiger partial charge is 0.243 e. The SMILES string of the molecule is CCN(CC)S(=O)(=O)c1ccc(N2CCCCC2)c(NC(=O)Cc2ccc(OC)c(OC)c2)c1. The molecule has 186 valence electrons. The number of piperidine rings is 1. The second kappa shape index (κ2) is 11.6. The molecule has 8 nitrogen and oxygen atoms in total. The van der Waals surface area contributed by atoms with Gasteiger partial charge in [0, 0.05) is 26.2 Å². The number of carbonyl (C=O) groups is 1. The van der Waals surface area contributed by atoms with Gasteiger partial charge in [-0.1, -0.05) is 19.9 Å². The Morgan fingerprint density at radius 2 is 1.65 bits per heavy atom. The molecule has 34 heavy (non-hydrogen) atoms. The lowest BCUT2D eigenvalue weighted by molar-refractivity contribution is -0.115. The number of hydrogen-bond donors (Lipinski definition) is 1. The molecule has 2 aromatic carbocycles. The van der Waals surface area contributed by atoms with Gasteiger partial charge in [0.25, 0.3) is 0 Å². The number of methoxy groups -OCH3 is 2. The van der Waals surface area contributed by atoms with Gasteiger partial charge in [-0.3, -0.25) is 4.79 Å². The van der Waals surface area contributed by atoms with E-state index in [1.807, 2.05) is 26.0 Å². The van der Waals surface area contributed by atoms with Gasteiger partial charge >= 0.3 is 0 Å². The Bertz CT molecular complexity index is 1090. The van der Waals surface area contributed by atoms with Gasteiger partial charge in [0.2, 0.25) is 15.9 Å². The minimum Gasteiger partial charge on any atom is -0.493 e. The van der Waals surface area contributed by atoms with E-state index in [1.165, 1.54) is 10.7 Å². The van der Waals surface area contributed by atoms with Crippen molar-refractivity contribution in [3.8, 4) is 11.5 Å². The van der Waals surface area contributed by atoms with Gasteiger partial charge in [0.05, 0.1) is 36.9 Å². The number of hydrogen-bond acceptors (Lipinski definition) is 6. The zero-order valence-corrected chi connectivity index (χ0v) is 21.3. The van der Waals surface area contributed by atoms with E-state index in [0.29, 0.717) is 30.3 Å². The Balaban J connectivity index is 1.91. The Kier molecular flexibility index (Phi) is 8.79. The van der Waals surface area contributed by atoms with Gasteiger partial charge in [-0.2, -0.15) is 4.31 Å². The number of ether oxygens (including phenoxy) is 2. The molecule has 0 saturated carbocycles. The first-order valence-corrected chi connectivity index (χ1v) is 13.2. The largest absolute Gasteiger partial charge is 0.493 e. The zero-order chi connectivity index (χ0) is 24.7. The maximum atomic E-state index is 13.1. The van der Waals surface area contributed by atoms with Gasteiger partial charge in [0.15, 0.2) is 11.5 Å². The van der Waals surface area contributed by atoms with Crippen molar-refractivity contribution in [2.24, 2.45) is 0 Å². The second-order valence-corrected chi connectivity index (χ2v) is 10.2. The molecule has 1 N–H and O–H groups in total. The molecular formula is C25H35N3O5S. The van der Waals surface area contributed by atoms with E-state index in [1.54, 1.807) is 38.5 Å². The fraction of sp³-hybridized carbons (Fsp3) is 0.480. The molecule has 1 heterocycles. The summed E-state index contributed by atoms with van der Waals surface area (Å²) in [6.45, 7) is 6.15. The Morgan fingerprint density at radius 1 is 0.971 bits per heavy atom. The van der Waals surface area contributed by atoms with Gasteiger partial charge in [-0.05, 0) is 55.2 Å². The molecule has 1 aliphatic heterocycles. The summed E-state index contributed by atoms with van der Waals surface area (Å²) in [5.41, 5.74) is 2.13. The van der Waals surface area contributed by atoms with Crippen LogP contribution < -0.4 is 19.7 Å². The predicted octanol–water partition coefficient (Wildman–Crippen LogP) is 3.91. The lowest BCUT2D eigenvalue weighted by atomic mass is 10.1. The van der Waals surface area contributed by atoms with E-state index in [9.17, 15) is 13.2 Å². The summed E-state index contributed by atoms with van der Waals surface area (Å²) in [6, 6.07) is 10.4. The molecule has 0 spiro atoms. The van der Waals surface area contributed by atoms with Crippen LogP contribution in [-0.2, 0) is 21.2 Å². The van der Waals surface area contributed by atoms with Crippen LogP contribution in [0.2, 0.25) is 0 Å². The molecule has 1 amide bonds. The molecule has 2 aromatic rings. The maximum absolute atomic E-state index is 13.1. The van der Waals surface area contributed by atoms with Crippen molar-refractivity contribution in [1.82, 2.24) is 4.31 Å². The van der Waals surface area contributed by atoms with Crippen LogP contribution in [0.4, 0.5) is 11.4 Å². The van der Waals surface area contributed by atoms with Crippen LogP contribution in [0.25, 0.3) is 0 Å². The molecule has 1 saturated heterocycles. The van der Waals surface area contributed by atoms with Crippen LogP contribution in [0.1, 0.15) is 38.7 Å². The number of nitrogens with one attached hydrogen (secondary N) is 1. The molecule has 1 aliphatic rings. The van der Waals surface area contributed by atoms with E-state index >= 15 is 0 Å². The average Bonchev–Trinajstić information content (AvgIpc) is 2.85. The number of nitrogens with zero attached hydrogens (tertiary/aromatic N) is 2.